The van der Waals surface area contributed by atoms with E-state index in [1.54, 1.807) is 18.2 Å². The van der Waals surface area contributed by atoms with Crippen LogP contribution in [-0.4, -0.2) is 48.4 Å². The Bertz CT molecular complexity index is 850. The third-order valence-corrected chi connectivity index (χ3v) is 6.52. The summed E-state index contributed by atoms with van der Waals surface area (Å²) < 4.78 is 30.7. The van der Waals surface area contributed by atoms with Gasteiger partial charge in [-0.1, -0.05) is 0 Å². The Morgan fingerprint density at radius 3 is 2.75 bits per heavy atom. The average Bonchev–Trinajstić information content (AvgIpc) is 3.22. The minimum atomic E-state index is -3.02. The third kappa shape index (κ3) is 3.13. The van der Waals surface area contributed by atoms with Crippen LogP contribution >= 0.6 is 0 Å². The predicted molar refractivity (Wildman–Crippen MR) is 90.9 cm³/mol. The Hall–Kier alpha value is -2.02. The smallest absolute Gasteiger partial charge is 0.255 e. The standard InChI is InChI=1S/C17H22N2O4S/c1-12-9-16(13(2)19(12)10-15-5-4-7-23-15)17(20)18(3)14-6-8-24(21,22)11-14/h4-5,7,9,14H,6,8,10-11H2,1-3H3/t14-/m0/s1. The molecular formula is C17H22N2O4S. The fraction of sp³-hybridized carbons (Fsp3) is 0.471. The monoisotopic (exact) mass is 350 g/mol. The van der Waals surface area contributed by atoms with Gasteiger partial charge in [0.05, 0.1) is 29.9 Å². The van der Waals surface area contributed by atoms with Crippen molar-refractivity contribution in [2.75, 3.05) is 18.6 Å². The number of carbonyl (C=O) groups excluding carboxylic acids is 1. The zero-order valence-corrected chi connectivity index (χ0v) is 15.0. The first-order valence-electron chi connectivity index (χ1n) is 7.95. The van der Waals surface area contributed by atoms with Crippen molar-refractivity contribution in [2.45, 2.75) is 32.9 Å². The Kier molecular flexibility index (Phi) is 4.29. The molecule has 1 atom stereocenters. The minimum absolute atomic E-state index is 0.0559. The molecule has 0 radical (unpaired) electrons. The molecule has 2 aromatic rings. The number of carbonyl (C=O) groups is 1. The molecule has 2 aromatic heterocycles. The topological polar surface area (TPSA) is 72.5 Å². The highest BCUT2D eigenvalue weighted by atomic mass is 32.2. The summed E-state index contributed by atoms with van der Waals surface area (Å²) in [5, 5.41) is 0. The van der Waals surface area contributed by atoms with Crippen LogP contribution < -0.4 is 0 Å². The molecule has 130 valence electrons. The lowest BCUT2D eigenvalue weighted by molar-refractivity contribution is 0.0747. The molecule has 0 spiro atoms. The first-order chi connectivity index (χ1) is 11.3. The molecule has 1 fully saturated rings. The molecule has 0 saturated carbocycles. The maximum absolute atomic E-state index is 12.8. The molecule has 0 aliphatic carbocycles. The highest BCUT2D eigenvalue weighted by Gasteiger charge is 2.33. The number of aromatic nitrogens is 1. The second kappa shape index (κ2) is 6.12. The van der Waals surface area contributed by atoms with Gasteiger partial charge in [0.15, 0.2) is 9.84 Å². The van der Waals surface area contributed by atoms with E-state index in [-0.39, 0.29) is 23.5 Å². The summed E-state index contributed by atoms with van der Waals surface area (Å²) in [6.07, 6.45) is 2.14. The SMILES string of the molecule is Cc1cc(C(=O)N(C)[C@H]2CCS(=O)(=O)C2)c(C)n1Cc1ccco1. The van der Waals surface area contributed by atoms with Gasteiger partial charge >= 0.3 is 0 Å². The van der Waals surface area contributed by atoms with Gasteiger partial charge in [0, 0.05) is 24.5 Å². The Morgan fingerprint density at radius 1 is 1.42 bits per heavy atom. The first kappa shape index (κ1) is 16.8. The maximum Gasteiger partial charge on any atom is 0.255 e. The van der Waals surface area contributed by atoms with Gasteiger partial charge < -0.3 is 13.9 Å². The van der Waals surface area contributed by atoms with Crippen LogP contribution in [0.3, 0.4) is 0 Å². The van der Waals surface area contributed by atoms with Crippen molar-refractivity contribution in [3.05, 3.63) is 47.2 Å². The van der Waals surface area contributed by atoms with Gasteiger partial charge in [0.25, 0.3) is 5.91 Å². The van der Waals surface area contributed by atoms with Crippen molar-refractivity contribution >= 4 is 15.7 Å². The zero-order chi connectivity index (χ0) is 17.5. The molecular weight excluding hydrogens is 328 g/mol. The van der Waals surface area contributed by atoms with Gasteiger partial charge in [0.1, 0.15) is 5.76 Å². The molecule has 7 heteroatoms. The van der Waals surface area contributed by atoms with Crippen molar-refractivity contribution in [1.29, 1.82) is 0 Å². The Labute approximate surface area is 142 Å². The molecule has 6 nitrogen and oxygen atoms in total. The number of sulfone groups is 1. The number of hydrogen-bond acceptors (Lipinski definition) is 4. The quantitative estimate of drug-likeness (QED) is 0.845. The normalized spacial score (nSPS) is 19.5. The lowest BCUT2D eigenvalue weighted by Crippen LogP contribution is -2.38. The van der Waals surface area contributed by atoms with Gasteiger partial charge in [-0.15, -0.1) is 0 Å². The fourth-order valence-electron chi connectivity index (χ4n) is 3.26. The number of hydrogen-bond donors (Lipinski definition) is 0. The van der Waals surface area contributed by atoms with Crippen LogP contribution in [0, 0.1) is 13.8 Å². The predicted octanol–water partition coefficient (Wildman–Crippen LogP) is 2.01. The minimum Gasteiger partial charge on any atom is -0.467 e. The molecule has 3 heterocycles. The van der Waals surface area contributed by atoms with Crippen LogP contribution in [0.4, 0.5) is 0 Å². The molecule has 24 heavy (non-hydrogen) atoms. The lowest BCUT2D eigenvalue weighted by atomic mass is 10.1. The van der Waals surface area contributed by atoms with Crippen molar-refractivity contribution in [2.24, 2.45) is 0 Å². The molecule has 1 saturated heterocycles. The van der Waals surface area contributed by atoms with Gasteiger partial charge in [-0.25, -0.2) is 8.42 Å². The molecule has 0 unspecified atom stereocenters. The highest BCUT2D eigenvalue weighted by molar-refractivity contribution is 7.91. The van der Waals surface area contributed by atoms with E-state index in [0.717, 1.165) is 17.1 Å². The van der Waals surface area contributed by atoms with Crippen LogP contribution in [0.1, 0.15) is 33.9 Å². The maximum atomic E-state index is 12.8. The second-order valence-corrected chi connectivity index (χ2v) is 8.65. The van der Waals surface area contributed by atoms with Crippen molar-refractivity contribution in [3.8, 4) is 0 Å². The number of furan rings is 1. The highest BCUT2D eigenvalue weighted by Crippen LogP contribution is 2.22. The fourth-order valence-corrected chi connectivity index (χ4v) is 5.03. The largest absolute Gasteiger partial charge is 0.467 e. The van der Waals surface area contributed by atoms with Crippen LogP contribution in [0.25, 0.3) is 0 Å². The van der Waals surface area contributed by atoms with Gasteiger partial charge in [0.2, 0.25) is 0 Å². The number of aryl methyl sites for hydroxylation is 1. The van der Waals surface area contributed by atoms with Gasteiger partial charge in [-0.3, -0.25) is 4.79 Å². The molecule has 1 amide bonds. The molecule has 3 rings (SSSR count). The van der Waals surface area contributed by atoms with E-state index < -0.39 is 9.84 Å². The van der Waals surface area contributed by atoms with Crippen LogP contribution in [-0.2, 0) is 16.4 Å². The van der Waals surface area contributed by atoms with E-state index in [4.69, 9.17) is 4.42 Å². The molecule has 0 N–H and O–H groups in total. The van der Waals surface area contributed by atoms with E-state index in [9.17, 15) is 13.2 Å². The summed E-state index contributed by atoms with van der Waals surface area (Å²) in [6, 6.07) is 5.36. The molecule has 1 aliphatic heterocycles. The van der Waals surface area contributed by atoms with Crippen molar-refractivity contribution in [3.63, 3.8) is 0 Å². The third-order valence-electron chi connectivity index (χ3n) is 4.77. The number of nitrogens with zero attached hydrogens (tertiary/aromatic N) is 2. The van der Waals surface area contributed by atoms with Crippen molar-refractivity contribution < 1.29 is 17.6 Å². The van der Waals surface area contributed by atoms with E-state index in [0.29, 0.717) is 18.5 Å². The molecule has 0 aromatic carbocycles. The summed E-state index contributed by atoms with van der Waals surface area (Å²) in [6.45, 7) is 4.43. The van der Waals surface area contributed by atoms with Gasteiger partial charge in [-0.05, 0) is 38.5 Å². The number of amides is 1. The average molecular weight is 350 g/mol. The van der Waals surface area contributed by atoms with Crippen LogP contribution in [0.2, 0.25) is 0 Å². The summed E-state index contributed by atoms with van der Waals surface area (Å²) in [7, 11) is -1.33. The summed E-state index contributed by atoms with van der Waals surface area (Å²) in [5.41, 5.74) is 2.45. The summed E-state index contributed by atoms with van der Waals surface area (Å²) >= 11 is 0. The first-order valence-corrected chi connectivity index (χ1v) is 9.77. The van der Waals surface area contributed by atoms with E-state index >= 15 is 0 Å². The summed E-state index contributed by atoms with van der Waals surface area (Å²) in [5.74, 6) is 0.912. The zero-order valence-electron chi connectivity index (χ0n) is 14.2. The molecule has 0 bridgehead atoms. The Balaban J connectivity index is 1.83. The van der Waals surface area contributed by atoms with Gasteiger partial charge in [-0.2, -0.15) is 0 Å². The van der Waals surface area contributed by atoms with Crippen LogP contribution in [0.15, 0.2) is 28.9 Å². The van der Waals surface area contributed by atoms with Crippen molar-refractivity contribution in [1.82, 2.24) is 9.47 Å². The Morgan fingerprint density at radius 2 is 2.17 bits per heavy atom. The second-order valence-electron chi connectivity index (χ2n) is 6.42. The summed E-state index contributed by atoms with van der Waals surface area (Å²) in [4.78, 5) is 14.4. The molecule has 1 aliphatic rings. The van der Waals surface area contributed by atoms with E-state index in [1.807, 2.05) is 36.6 Å². The van der Waals surface area contributed by atoms with E-state index in [2.05, 4.69) is 0 Å². The van der Waals surface area contributed by atoms with Crippen LogP contribution in [0.5, 0.6) is 0 Å². The number of rotatable bonds is 4. The lowest BCUT2D eigenvalue weighted by Gasteiger charge is -2.23. The van der Waals surface area contributed by atoms with E-state index in [1.165, 1.54) is 0 Å².